The fraction of sp³-hybridized carbons (Fsp3) is 0.818. The molecule has 2 rings (SSSR count). The van der Waals surface area contributed by atoms with Crippen LogP contribution in [0.3, 0.4) is 0 Å². The average Bonchev–Trinajstić information content (AvgIpc) is 2.68. The zero-order valence-corrected chi connectivity index (χ0v) is 10.8. The summed E-state index contributed by atoms with van der Waals surface area (Å²) in [6, 6.07) is -0.0953. The normalized spacial score (nSPS) is 34.1. The van der Waals surface area contributed by atoms with Crippen molar-refractivity contribution in [1.29, 1.82) is 0 Å². The average molecular weight is 242 g/mol. The van der Waals surface area contributed by atoms with E-state index in [2.05, 4.69) is 5.32 Å². The molecule has 2 aliphatic heterocycles. The summed E-state index contributed by atoms with van der Waals surface area (Å²) in [5, 5.41) is 2.77. The minimum atomic E-state index is -0.753. The molecule has 2 saturated heterocycles. The Morgan fingerprint density at radius 1 is 1.44 bits per heavy atom. The van der Waals surface area contributed by atoms with Crippen molar-refractivity contribution in [1.82, 2.24) is 10.2 Å². The highest BCUT2D eigenvalue weighted by molar-refractivity contribution is 7.99. The number of nitrogens with zero attached hydrogens (tertiary/aromatic N) is 1. The van der Waals surface area contributed by atoms with Crippen LogP contribution in [0.5, 0.6) is 0 Å². The molecule has 2 amide bonds. The van der Waals surface area contributed by atoms with Crippen molar-refractivity contribution in [2.24, 2.45) is 0 Å². The third-order valence-electron chi connectivity index (χ3n) is 3.30. The summed E-state index contributed by atoms with van der Waals surface area (Å²) in [5.41, 5.74) is -0.753. The Balaban J connectivity index is 2.25. The number of rotatable bonds is 1. The van der Waals surface area contributed by atoms with E-state index in [1.54, 1.807) is 18.7 Å². The second kappa shape index (κ2) is 3.95. The van der Waals surface area contributed by atoms with Crippen molar-refractivity contribution in [3.8, 4) is 0 Å². The van der Waals surface area contributed by atoms with Gasteiger partial charge in [0, 0.05) is 11.8 Å². The number of hydrogen-bond donors (Lipinski definition) is 1. The summed E-state index contributed by atoms with van der Waals surface area (Å²) in [6.07, 6.45) is 1.00. The van der Waals surface area contributed by atoms with Gasteiger partial charge in [0.05, 0.1) is 0 Å². The minimum Gasteiger partial charge on any atom is -0.340 e. The standard InChI is InChI=1S/C11H18N2O2S/c1-7-9(14)12-11(2,3)10(15)13(7)8-4-5-16-6-8/h7-8H,4-6H2,1-3H3,(H,12,14). The first-order valence-corrected chi connectivity index (χ1v) is 6.81. The van der Waals surface area contributed by atoms with E-state index in [4.69, 9.17) is 0 Å². The third kappa shape index (κ3) is 1.81. The molecule has 2 unspecified atom stereocenters. The van der Waals surface area contributed by atoms with E-state index in [1.165, 1.54) is 0 Å². The van der Waals surface area contributed by atoms with Crippen molar-refractivity contribution in [2.45, 2.75) is 44.8 Å². The van der Waals surface area contributed by atoms with Gasteiger partial charge in [-0.05, 0) is 32.9 Å². The number of nitrogens with one attached hydrogen (secondary N) is 1. The van der Waals surface area contributed by atoms with Crippen molar-refractivity contribution < 1.29 is 9.59 Å². The number of piperazine rings is 1. The molecule has 0 spiro atoms. The van der Waals surface area contributed by atoms with E-state index in [0.29, 0.717) is 0 Å². The van der Waals surface area contributed by atoms with Gasteiger partial charge in [-0.3, -0.25) is 9.59 Å². The molecule has 0 aromatic carbocycles. The van der Waals surface area contributed by atoms with Crippen molar-refractivity contribution >= 4 is 23.6 Å². The van der Waals surface area contributed by atoms with Crippen LogP contribution in [0.25, 0.3) is 0 Å². The molecule has 2 atom stereocenters. The first-order valence-electron chi connectivity index (χ1n) is 5.66. The molecule has 0 radical (unpaired) electrons. The van der Waals surface area contributed by atoms with Crippen LogP contribution >= 0.6 is 11.8 Å². The smallest absolute Gasteiger partial charge is 0.248 e. The van der Waals surface area contributed by atoms with Gasteiger partial charge in [-0.25, -0.2) is 0 Å². The largest absolute Gasteiger partial charge is 0.340 e. The number of thioether (sulfide) groups is 1. The van der Waals surface area contributed by atoms with E-state index in [-0.39, 0.29) is 23.9 Å². The lowest BCUT2D eigenvalue weighted by Crippen LogP contribution is -2.69. The zero-order valence-electron chi connectivity index (χ0n) is 9.95. The van der Waals surface area contributed by atoms with Crippen LogP contribution in [-0.4, -0.2) is 45.8 Å². The number of amides is 2. The highest BCUT2D eigenvalue weighted by Crippen LogP contribution is 2.28. The van der Waals surface area contributed by atoms with E-state index < -0.39 is 5.54 Å². The van der Waals surface area contributed by atoms with Gasteiger partial charge in [-0.15, -0.1) is 0 Å². The van der Waals surface area contributed by atoms with Gasteiger partial charge >= 0.3 is 0 Å². The zero-order chi connectivity index (χ0) is 11.9. The predicted octanol–water partition coefficient (Wildman–Crippen LogP) is 0.617. The molecule has 2 heterocycles. The molecule has 4 nitrogen and oxygen atoms in total. The minimum absolute atomic E-state index is 0.0403. The SMILES string of the molecule is CC1C(=O)NC(C)(C)C(=O)N1C1CCSC1. The van der Waals surface area contributed by atoms with Gasteiger partial charge in [-0.2, -0.15) is 11.8 Å². The summed E-state index contributed by atoms with van der Waals surface area (Å²) in [6.45, 7) is 5.36. The Bertz CT molecular complexity index is 324. The van der Waals surface area contributed by atoms with Crippen molar-refractivity contribution in [3.63, 3.8) is 0 Å². The number of carbonyl (C=O) groups is 2. The van der Waals surface area contributed by atoms with Gasteiger partial charge in [0.2, 0.25) is 11.8 Å². The van der Waals surface area contributed by atoms with Crippen molar-refractivity contribution in [3.05, 3.63) is 0 Å². The molecule has 0 saturated carbocycles. The Kier molecular flexibility index (Phi) is 2.90. The van der Waals surface area contributed by atoms with Crippen LogP contribution in [0, 0.1) is 0 Å². The maximum Gasteiger partial charge on any atom is 0.248 e. The molecule has 2 fully saturated rings. The molecule has 0 aliphatic carbocycles. The van der Waals surface area contributed by atoms with Gasteiger partial charge in [0.1, 0.15) is 11.6 Å². The van der Waals surface area contributed by atoms with Crippen LogP contribution in [0.2, 0.25) is 0 Å². The van der Waals surface area contributed by atoms with Crippen LogP contribution in [0.1, 0.15) is 27.2 Å². The lowest BCUT2D eigenvalue weighted by atomic mass is 9.95. The van der Waals surface area contributed by atoms with E-state index in [9.17, 15) is 9.59 Å². The Morgan fingerprint density at radius 2 is 2.12 bits per heavy atom. The Labute approximate surface area is 100 Å². The second-order valence-corrected chi connectivity index (χ2v) is 6.17. The molecule has 1 N–H and O–H groups in total. The highest BCUT2D eigenvalue weighted by atomic mass is 32.2. The monoisotopic (exact) mass is 242 g/mol. The van der Waals surface area contributed by atoms with Crippen LogP contribution < -0.4 is 5.32 Å². The van der Waals surface area contributed by atoms with E-state index in [0.717, 1.165) is 17.9 Å². The van der Waals surface area contributed by atoms with E-state index >= 15 is 0 Å². The molecule has 90 valence electrons. The first kappa shape index (κ1) is 11.8. The maximum absolute atomic E-state index is 12.3. The maximum atomic E-state index is 12.3. The first-order chi connectivity index (χ1) is 7.43. The van der Waals surface area contributed by atoms with Gasteiger partial charge in [0.15, 0.2) is 0 Å². The topological polar surface area (TPSA) is 49.4 Å². The molecular formula is C11H18N2O2S. The van der Waals surface area contributed by atoms with Gasteiger partial charge < -0.3 is 10.2 Å². The summed E-state index contributed by atoms with van der Waals surface area (Å²) in [5.74, 6) is 2.05. The second-order valence-electron chi connectivity index (χ2n) is 5.02. The molecule has 0 bridgehead atoms. The van der Waals surface area contributed by atoms with Crippen LogP contribution in [0.15, 0.2) is 0 Å². The molecule has 0 aromatic heterocycles. The summed E-state index contributed by atoms with van der Waals surface area (Å²) >= 11 is 1.86. The molecule has 0 aromatic rings. The fourth-order valence-corrected chi connectivity index (χ4v) is 3.52. The quantitative estimate of drug-likeness (QED) is 0.733. The van der Waals surface area contributed by atoms with Crippen LogP contribution in [-0.2, 0) is 9.59 Å². The van der Waals surface area contributed by atoms with Gasteiger partial charge in [0.25, 0.3) is 0 Å². The third-order valence-corrected chi connectivity index (χ3v) is 4.45. The summed E-state index contributed by atoms with van der Waals surface area (Å²) in [4.78, 5) is 25.9. The van der Waals surface area contributed by atoms with E-state index in [1.807, 2.05) is 18.7 Å². The van der Waals surface area contributed by atoms with Crippen LogP contribution in [0.4, 0.5) is 0 Å². The van der Waals surface area contributed by atoms with Crippen molar-refractivity contribution in [2.75, 3.05) is 11.5 Å². The fourth-order valence-electron chi connectivity index (χ4n) is 2.31. The Morgan fingerprint density at radius 3 is 2.69 bits per heavy atom. The van der Waals surface area contributed by atoms with Gasteiger partial charge in [-0.1, -0.05) is 0 Å². The molecule has 2 aliphatic rings. The molecule has 5 heteroatoms. The number of carbonyl (C=O) groups excluding carboxylic acids is 2. The number of hydrogen-bond acceptors (Lipinski definition) is 3. The molecule has 16 heavy (non-hydrogen) atoms. The lowest BCUT2D eigenvalue weighted by molar-refractivity contribution is -0.155. The predicted molar refractivity (Wildman–Crippen MR) is 64.3 cm³/mol. The lowest BCUT2D eigenvalue weighted by Gasteiger charge is -2.44. The molecular weight excluding hydrogens is 224 g/mol. The summed E-state index contributed by atoms with van der Waals surface area (Å²) in [7, 11) is 0. The summed E-state index contributed by atoms with van der Waals surface area (Å²) < 4.78 is 0. The Hall–Kier alpha value is -0.710. The highest BCUT2D eigenvalue weighted by Gasteiger charge is 2.46.